The quantitative estimate of drug-likeness (QED) is 0.437. The van der Waals surface area contributed by atoms with Gasteiger partial charge in [-0.15, -0.1) is 10.2 Å². The molecule has 3 rings (SSSR count). The van der Waals surface area contributed by atoms with Gasteiger partial charge in [-0.3, -0.25) is 9.59 Å². The summed E-state index contributed by atoms with van der Waals surface area (Å²) in [6.07, 6.45) is 0.456. The standard InChI is InChI=1S/C21H23N5O2S/c1-14-8-10-17(11-9-14)20-24-25-21(26(20)22)29-13-19(28)23-18(15(2)27)12-16-6-4-3-5-7-16/h3-11,18H,12-13,22H2,1-2H3,(H,23,28)/t18-/m0/s1. The zero-order chi connectivity index (χ0) is 20.8. The molecular formula is C21H23N5O2S. The van der Waals surface area contributed by atoms with E-state index in [2.05, 4.69) is 15.5 Å². The monoisotopic (exact) mass is 409 g/mol. The number of amides is 1. The Labute approximate surface area is 173 Å². The minimum Gasteiger partial charge on any atom is -0.345 e. The van der Waals surface area contributed by atoms with Crippen molar-refractivity contribution in [3.05, 3.63) is 65.7 Å². The van der Waals surface area contributed by atoms with Gasteiger partial charge in [0.15, 0.2) is 11.6 Å². The Morgan fingerprint density at radius 3 is 2.45 bits per heavy atom. The molecule has 29 heavy (non-hydrogen) atoms. The molecule has 8 heteroatoms. The van der Waals surface area contributed by atoms with Crippen LogP contribution in [0.5, 0.6) is 0 Å². The first-order valence-corrected chi connectivity index (χ1v) is 10.2. The molecule has 0 spiro atoms. The number of rotatable bonds is 8. The molecule has 0 aliphatic rings. The first kappa shape index (κ1) is 20.6. The minimum atomic E-state index is -0.565. The molecule has 0 unspecified atom stereocenters. The Bertz CT molecular complexity index is 986. The number of hydrogen-bond donors (Lipinski definition) is 2. The molecule has 1 amide bonds. The zero-order valence-corrected chi connectivity index (χ0v) is 17.1. The van der Waals surface area contributed by atoms with Crippen molar-refractivity contribution in [2.75, 3.05) is 11.6 Å². The van der Waals surface area contributed by atoms with Crippen LogP contribution in [0.2, 0.25) is 0 Å². The van der Waals surface area contributed by atoms with Gasteiger partial charge in [-0.1, -0.05) is 71.9 Å². The van der Waals surface area contributed by atoms with Crippen LogP contribution in [0.1, 0.15) is 18.1 Å². The maximum absolute atomic E-state index is 12.4. The van der Waals surface area contributed by atoms with Crippen molar-refractivity contribution < 1.29 is 9.59 Å². The second-order valence-electron chi connectivity index (χ2n) is 6.75. The Kier molecular flexibility index (Phi) is 6.66. The summed E-state index contributed by atoms with van der Waals surface area (Å²) in [6, 6.07) is 16.8. The molecule has 3 aromatic rings. The number of carbonyl (C=O) groups is 2. The molecule has 1 aromatic heterocycles. The molecule has 3 N–H and O–H groups in total. The van der Waals surface area contributed by atoms with Crippen LogP contribution in [0.4, 0.5) is 0 Å². The van der Waals surface area contributed by atoms with Crippen LogP contribution in [0.3, 0.4) is 0 Å². The smallest absolute Gasteiger partial charge is 0.231 e. The summed E-state index contributed by atoms with van der Waals surface area (Å²) in [5.41, 5.74) is 2.98. The fourth-order valence-electron chi connectivity index (χ4n) is 2.79. The van der Waals surface area contributed by atoms with Gasteiger partial charge in [-0.05, 0) is 25.8 Å². The highest BCUT2D eigenvalue weighted by Gasteiger charge is 2.19. The number of nitrogen functional groups attached to an aromatic ring is 1. The van der Waals surface area contributed by atoms with Crippen molar-refractivity contribution >= 4 is 23.5 Å². The average Bonchev–Trinajstić information content (AvgIpc) is 3.07. The van der Waals surface area contributed by atoms with Gasteiger partial charge < -0.3 is 11.2 Å². The fourth-order valence-corrected chi connectivity index (χ4v) is 3.45. The lowest BCUT2D eigenvalue weighted by Crippen LogP contribution is -2.42. The first-order valence-electron chi connectivity index (χ1n) is 9.18. The van der Waals surface area contributed by atoms with Crippen molar-refractivity contribution in [2.45, 2.75) is 31.5 Å². The lowest BCUT2D eigenvalue weighted by atomic mass is 10.0. The van der Waals surface area contributed by atoms with Crippen LogP contribution in [0.15, 0.2) is 59.8 Å². The van der Waals surface area contributed by atoms with Crippen molar-refractivity contribution in [1.29, 1.82) is 0 Å². The van der Waals surface area contributed by atoms with Crippen LogP contribution >= 0.6 is 11.8 Å². The topological polar surface area (TPSA) is 103 Å². The molecule has 150 valence electrons. The van der Waals surface area contributed by atoms with Crippen LogP contribution in [-0.4, -0.2) is 38.4 Å². The number of ketones is 1. The minimum absolute atomic E-state index is 0.0851. The molecule has 0 radical (unpaired) electrons. The second-order valence-corrected chi connectivity index (χ2v) is 7.69. The van der Waals surface area contributed by atoms with Gasteiger partial charge in [0.2, 0.25) is 11.1 Å². The molecule has 1 atom stereocenters. The van der Waals surface area contributed by atoms with E-state index in [0.29, 0.717) is 17.4 Å². The highest BCUT2D eigenvalue weighted by molar-refractivity contribution is 7.99. The summed E-state index contributed by atoms with van der Waals surface area (Å²) >= 11 is 1.17. The van der Waals surface area contributed by atoms with Gasteiger partial charge in [0.1, 0.15) is 0 Å². The molecule has 0 saturated carbocycles. The molecule has 1 heterocycles. The van der Waals surface area contributed by atoms with E-state index in [-0.39, 0.29) is 17.4 Å². The van der Waals surface area contributed by atoms with Gasteiger partial charge >= 0.3 is 0 Å². The summed E-state index contributed by atoms with van der Waals surface area (Å²) in [6.45, 7) is 3.48. The number of nitrogens with zero attached hydrogens (tertiary/aromatic N) is 3. The van der Waals surface area contributed by atoms with Crippen LogP contribution in [0.25, 0.3) is 11.4 Å². The Morgan fingerprint density at radius 1 is 1.10 bits per heavy atom. The van der Waals surface area contributed by atoms with Gasteiger partial charge in [-0.25, -0.2) is 4.68 Å². The molecule has 2 aromatic carbocycles. The van der Waals surface area contributed by atoms with Crippen molar-refractivity contribution in [3.63, 3.8) is 0 Å². The second kappa shape index (κ2) is 9.38. The predicted octanol–water partition coefficient (Wildman–Crippen LogP) is 2.38. The third-order valence-electron chi connectivity index (χ3n) is 4.42. The number of nitrogens with one attached hydrogen (secondary N) is 1. The number of nitrogens with two attached hydrogens (primary N) is 1. The molecule has 0 bridgehead atoms. The molecular weight excluding hydrogens is 386 g/mol. The number of aromatic nitrogens is 3. The number of benzene rings is 2. The van der Waals surface area contributed by atoms with Gasteiger partial charge in [0.05, 0.1) is 11.8 Å². The molecule has 0 fully saturated rings. The Hall–Kier alpha value is -3.13. The van der Waals surface area contributed by atoms with Crippen molar-refractivity contribution in [2.24, 2.45) is 0 Å². The van der Waals surface area contributed by atoms with E-state index in [4.69, 9.17) is 5.84 Å². The van der Waals surface area contributed by atoms with Crippen molar-refractivity contribution in [1.82, 2.24) is 20.2 Å². The summed E-state index contributed by atoms with van der Waals surface area (Å²) < 4.78 is 1.37. The highest BCUT2D eigenvalue weighted by Crippen LogP contribution is 2.21. The zero-order valence-electron chi connectivity index (χ0n) is 16.3. The van der Waals surface area contributed by atoms with Crippen molar-refractivity contribution in [3.8, 4) is 11.4 Å². The van der Waals surface area contributed by atoms with Gasteiger partial charge in [0.25, 0.3) is 0 Å². The lowest BCUT2D eigenvalue weighted by molar-refractivity contribution is -0.125. The number of thioether (sulfide) groups is 1. The van der Waals surface area contributed by atoms with Crippen LogP contribution in [-0.2, 0) is 16.0 Å². The number of Topliss-reactive ketones (excluding diaryl/α,β-unsaturated/α-hetero) is 1. The van der Waals surface area contributed by atoms with E-state index in [1.54, 1.807) is 0 Å². The van der Waals surface area contributed by atoms with Gasteiger partial charge in [-0.2, -0.15) is 0 Å². The van der Waals surface area contributed by atoms with Gasteiger partial charge in [0, 0.05) is 5.56 Å². The Balaban J connectivity index is 1.60. The first-order chi connectivity index (χ1) is 13.9. The number of carbonyl (C=O) groups excluding carboxylic acids is 2. The van der Waals surface area contributed by atoms with Crippen LogP contribution < -0.4 is 11.2 Å². The maximum atomic E-state index is 12.4. The van der Waals surface area contributed by atoms with E-state index < -0.39 is 6.04 Å². The molecule has 0 aliphatic heterocycles. The molecule has 0 aliphatic carbocycles. The number of hydrogen-bond acceptors (Lipinski definition) is 6. The van der Waals surface area contributed by atoms with E-state index in [1.807, 2.05) is 61.5 Å². The van der Waals surface area contributed by atoms with E-state index in [9.17, 15) is 9.59 Å². The lowest BCUT2D eigenvalue weighted by Gasteiger charge is -2.16. The highest BCUT2D eigenvalue weighted by atomic mass is 32.2. The molecule has 0 saturated heterocycles. The summed E-state index contributed by atoms with van der Waals surface area (Å²) in [7, 11) is 0. The average molecular weight is 410 g/mol. The van der Waals surface area contributed by atoms with Crippen LogP contribution in [0, 0.1) is 6.92 Å². The third-order valence-corrected chi connectivity index (χ3v) is 5.36. The van der Waals surface area contributed by atoms with E-state index in [0.717, 1.165) is 16.7 Å². The SMILES string of the molecule is CC(=O)[C@H](Cc1ccccc1)NC(=O)CSc1nnc(-c2ccc(C)cc2)n1N. The predicted molar refractivity (Wildman–Crippen MR) is 114 cm³/mol. The summed E-state index contributed by atoms with van der Waals surface area (Å²) in [4.78, 5) is 24.3. The Morgan fingerprint density at radius 2 is 1.79 bits per heavy atom. The maximum Gasteiger partial charge on any atom is 0.231 e. The summed E-state index contributed by atoms with van der Waals surface area (Å²) in [5.74, 6) is 6.36. The largest absolute Gasteiger partial charge is 0.345 e. The normalized spacial score (nSPS) is 11.8. The fraction of sp³-hybridized carbons (Fsp3) is 0.238. The number of aryl methyl sites for hydroxylation is 1. The van der Waals surface area contributed by atoms with E-state index in [1.165, 1.54) is 23.4 Å². The molecule has 7 nitrogen and oxygen atoms in total. The summed E-state index contributed by atoms with van der Waals surface area (Å²) in [5, 5.41) is 11.4. The van der Waals surface area contributed by atoms with E-state index >= 15 is 0 Å². The third kappa shape index (κ3) is 5.45.